The third-order valence-corrected chi connectivity index (χ3v) is 3.00. The Morgan fingerprint density at radius 2 is 2.14 bits per heavy atom. The average Bonchev–Trinajstić information content (AvgIpc) is 2.40. The molecule has 1 rings (SSSR count). The lowest BCUT2D eigenvalue weighted by atomic mass is 10.0. The van der Waals surface area contributed by atoms with Crippen LogP contribution in [0.1, 0.15) is 45.4 Å². The maximum Gasteiger partial charge on any atom is 0.0693 e. The fraction of sp³-hybridized carbons (Fsp3) is 0.833. The Hall–Kier alpha value is -0.520. The molecule has 0 aliphatic heterocycles. The van der Waals surface area contributed by atoms with Gasteiger partial charge in [-0.2, -0.15) is 0 Å². The van der Waals surface area contributed by atoms with Crippen LogP contribution in [0.3, 0.4) is 0 Å². The minimum absolute atomic E-state index is 0.118. The highest BCUT2D eigenvalue weighted by atomic mass is 16.3. The molecule has 2 heteroatoms. The van der Waals surface area contributed by atoms with Gasteiger partial charge in [0.05, 0.1) is 12.1 Å². The maximum atomic E-state index is 9.86. The maximum absolute atomic E-state index is 9.86. The Morgan fingerprint density at radius 3 is 2.79 bits per heavy atom. The number of hydrogen-bond donors (Lipinski definition) is 2. The van der Waals surface area contributed by atoms with Gasteiger partial charge in [-0.25, -0.2) is 0 Å². The molecule has 3 atom stereocenters. The Balaban J connectivity index is 2.44. The zero-order valence-corrected chi connectivity index (χ0v) is 9.00. The summed E-state index contributed by atoms with van der Waals surface area (Å²) >= 11 is 0. The van der Waals surface area contributed by atoms with Gasteiger partial charge in [0.2, 0.25) is 0 Å². The van der Waals surface area contributed by atoms with Crippen LogP contribution >= 0.6 is 0 Å². The lowest BCUT2D eigenvalue weighted by molar-refractivity contribution is 0.117. The van der Waals surface area contributed by atoms with Crippen molar-refractivity contribution >= 4 is 0 Å². The highest BCUT2D eigenvalue weighted by Crippen LogP contribution is 2.18. The number of nitrogens with one attached hydrogen (secondary N) is 1. The number of hydrogen-bond acceptors (Lipinski definition) is 2. The van der Waals surface area contributed by atoms with Crippen molar-refractivity contribution in [3.05, 3.63) is 0 Å². The van der Waals surface area contributed by atoms with Crippen molar-refractivity contribution in [3.63, 3.8) is 0 Å². The van der Waals surface area contributed by atoms with Crippen LogP contribution in [0.5, 0.6) is 0 Å². The first-order valence-corrected chi connectivity index (χ1v) is 5.68. The van der Waals surface area contributed by atoms with Crippen molar-refractivity contribution < 1.29 is 5.11 Å². The molecule has 80 valence electrons. The van der Waals surface area contributed by atoms with E-state index in [0.29, 0.717) is 0 Å². The van der Waals surface area contributed by atoms with Gasteiger partial charge in [0.1, 0.15) is 0 Å². The standard InChI is InChI=1S/C12H21NO/c1-3-10(4-2)13-11-8-6-5-7-9-12(11)14/h1,10-14H,4-9H2,2H3. The van der Waals surface area contributed by atoms with E-state index < -0.39 is 0 Å². The first-order valence-electron chi connectivity index (χ1n) is 5.68. The van der Waals surface area contributed by atoms with Gasteiger partial charge in [-0.3, -0.25) is 5.32 Å². The molecule has 3 unspecified atom stereocenters. The van der Waals surface area contributed by atoms with Gasteiger partial charge in [-0.05, 0) is 19.3 Å². The van der Waals surface area contributed by atoms with Crippen molar-refractivity contribution in [2.45, 2.75) is 63.6 Å². The summed E-state index contributed by atoms with van der Waals surface area (Å²) in [6.45, 7) is 2.07. The summed E-state index contributed by atoms with van der Waals surface area (Å²) in [5.41, 5.74) is 0. The number of aliphatic hydroxyl groups is 1. The van der Waals surface area contributed by atoms with Crippen LogP contribution in [0.25, 0.3) is 0 Å². The lowest BCUT2D eigenvalue weighted by Crippen LogP contribution is -2.44. The summed E-state index contributed by atoms with van der Waals surface area (Å²) < 4.78 is 0. The fourth-order valence-corrected chi connectivity index (χ4v) is 2.02. The summed E-state index contributed by atoms with van der Waals surface area (Å²) in [6.07, 6.45) is 11.7. The highest BCUT2D eigenvalue weighted by molar-refractivity contribution is 5.00. The summed E-state index contributed by atoms with van der Waals surface area (Å²) in [5.74, 6) is 2.72. The Labute approximate surface area is 87.1 Å². The van der Waals surface area contributed by atoms with E-state index in [4.69, 9.17) is 6.42 Å². The predicted molar refractivity (Wildman–Crippen MR) is 58.9 cm³/mol. The second-order valence-corrected chi connectivity index (χ2v) is 4.11. The third kappa shape index (κ3) is 3.32. The monoisotopic (exact) mass is 195 g/mol. The molecule has 2 N–H and O–H groups in total. The largest absolute Gasteiger partial charge is 0.392 e. The average molecular weight is 195 g/mol. The number of aliphatic hydroxyl groups excluding tert-OH is 1. The highest BCUT2D eigenvalue weighted by Gasteiger charge is 2.22. The molecule has 0 aromatic carbocycles. The second kappa shape index (κ2) is 6.06. The quantitative estimate of drug-likeness (QED) is 0.530. The molecule has 1 aliphatic rings. The molecule has 1 saturated carbocycles. The Bertz CT molecular complexity index is 197. The van der Waals surface area contributed by atoms with E-state index in [1.54, 1.807) is 0 Å². The van der Waals surface area contributed by atoms with E-state index in [1.165, 1.54) is 12.8 Å². The summed E-state index contributed by atoms with van der Waals surface area (Å²) in [7, 11) is 0. The molecule has 1 aliphatic carbocycles. The molecule has 0 amide bonds. The Morgan fingerprint density at radius 1 is 1.43 bits per heavy atom. The van der Waals surface area contributed by atoms with Crippen molar-refractivity contribution in [2.75, 3.05) is 0 Å². The van der Waals surface area contributed by atoms with Crippen molar-refractivity contribution in [1.82, 2.24) is 5.32 Å². The second-order valence-electron chi connectivity index (χ2n) is 4.11. The van der Waals surface area contributed by atoms with Crippen LogP contribution in [0.2, 0.25) is 0 Å². The summed E-state index contributed by atoms with van der Waals surface area (Å²) in [5, 5.41) is 13.2. The summed E-state index contributed by atoms with van der Waals surface area (Å²) in [6, 6.07) is 0.325. The normalized spacial score (nSPS) is 30.4. The van der Waals surface area contributed by atoms with Gasteiger partial charge in [0.15, 0.2) is 0 Å². The lowest BCUT2D eigenvalue weighted by Gasteiger charge is -2.24. The molecule has 0 aromatic rings. The molecule has 0 aromatic heterocycles. The zero-order valence-electron chi connectivity index (χ0n) is 9.00. The molecule has 1 fully saturated rings. The predicted octanol–water partition coefficient (Wildman–Crippen LogP) is 1.68. The molecule has 0 spiro atoms. The topological polar surface area (TPSA) is 32.3 Å². The molecule has 0 saturated heterocycles. The SMILES string of the molecule is C#CC(CC)NC1CCCCCC1O. The fourth-order valence-electron chi connectivity index (χ4n) is 2.02. The van der Waals surface area contributed by atoms with E-state index in [9.17, 15) is 5.11 Å². The number of terminal acetylenes is 1. The van der Waals surface area contributed by atoms with Crippen LogP contribution in [0.15, 0.2) is 0 Å². The summed E-state index contributed by atoms with van der Waals surface area (Å²) in [4.78, 5) is 0. The van der Waals surface area contributed by atoms with E-state index in [1.807, 2.05) is 0 Å². The molecule has 14 heavy (non-hydrogen) atoms. The van der Waals surface area contributed by atoms with Gasteiger partial charge in [-0.1, -0.05) is 32.1 Å². The zero-order chi connectivity index (χ0) is 10.4. The third-order valence-electron chi connectivity index (χ3n) is 3.00. The van der Waals surface area contributed by atoms with Gasteiger partial charge < -0.3 is 5.11 Å². The van der Waals surface area contributed by atoms with Crippen molar-refractivity contribution in [3.8, 4) is 12.3 Å². The minimum Gasteiger partial charge on any atom is -0.392 e. The first kappa shape index (κ1) is 11.6. The van der Waals surface area contributed by atoms with Crippen molar-refractivity contribution in [1.29, 1.82) is 0 Å². The van der Waals surface area contributed by atoms with Crippen LogP contribution in [0.4, 0.5) is 0 Å². The minimum atomic E-state index is -0.208. The van der Waals surface area contributed by atoms with Gasteiger partial charge in [-0.15, -0.1) is 6.42 Å². The van der Waals surface area contributed by atoms with Crippen molar-refractivity contribution in [2.24, 2.45) is 0 Å². The van der Waals surface area contributed by atoms with E-state index in [2.05, 4.69) is 18.2 Å². The molecular formula is C12H21NO. The van der Waals surface area contributed by atoms with Gasteiger partial charge in [0.25, 0.3) is 0 Å². The molecule has 0 bridgehead atoms. The van der Waals surface area contributed by atoms with E-state index in [-0.39, 0.29) is 18.2 Å². The van der Waals surface area contributed by atoms with E-state index >= 15 is 0 Å². The van der Waals surface area contributed by atoms with Crippen LogP contribution < -0.4 is 5.32 Å². The molecule has 0 heterocycles. The van der Waals surface area contributed by atoms with Gasteiger partial charge >= 0.3 is 0 Å². The molecular weight excluding hydrogens is 174 g/mol. The van der Waals surface area contributed by atoms with Gasteiger partial charge in [0, 0.05) is 6.04 Å². The smallest absolute Gasteiger partial charge is 0.0693 e. The van der Waals surface area contributed by atoms with Crippen LogP contribution in [-0.4, -0.2) is 23.3 Å². The van der Waals surface area contributed by atoms with E-state index in [0.717, 1.165) is 25.7 Å². The van der Waals surface area contributed by atoms with Crippen LogP contribution in [-0.2, 0) is 0 Å². The van der Waals surface area contributed by atoms with Crippen LogP contribution in [0, 0.1) is 12.3 Å². The molecule has 0 radical (unpaired) electrons. The first-order chi connectivity index (χ1) is 6.77. The number of rotatable bonds is 3. The Kier molecular flexibility index (Phi) is 5.00. The molecule has 2 nitrogen and oxygen atoms in total.